The van der Waals surface area contributed by atoms with Gasteiger partial charge in [0.1, 0.15) is 5.58 Å². The van der Waals surface area contributed by atoms with Crippen LogP contribution in [0.1, 0.15) is 35.5 Å². The van der Waals surface area contributed by atoms with Crippen LogP contribution in [-0.2, 0) is 0 Å². The maximum Gasteiger partial charge on any atom is 0.345 e. The quantitative estimate of drug-likeness (QED) is 0.506. The van der Waals surface area contributed by atoms with E-state index in [4.69, 9.17) is 4.42 Å². The van der Waals surface area contributed by atoms with E-state index in [0.29, 0.717) is 22.4 Å². The molecule has 2 aromatic heterocycles. The number of thiophene rings is 1. The first-order valence-electron chi connectivity index (χ1n) is 9.01. The summed E-state index contributed by atoms with van der Waals surface area (Å²) in [5.74, 6) is -0.133. The maximum atomic E-state index is 12.5. The standard InChI is InChI=1S/C20H24N2O3S/c1-4-22(5-2)10-6-9-21-19(23)17-12-15-18(26-17)14-11-13(3)7-8-16(14)25-20(15)24/h7-8,11-12H,4-6,9-10H2,1-3H3,(H,21,23). The van der Waals surface area contributed by atoms with E-state index in [1.54, 1.807) is 12.1 Å². The van der Waals surface area contributed by atoms with Gasteiger partial charge in [0, 0.05) is 11.9 Å². The first-order chi connectivity index (χ1) is 12.5. The van der Waals surface area contributed by atoms with Crippen molar-refractivity contribution in [2.75, 3.05) is 26.2 Å². The first-order valence-corrected chi connectivity index (χ1v) is 9.82. The van der Waals surface area contributed by atoms with E-state index < -0.39 is 5.63 Å². The van der Waals surface area contributed by atoms with E-state index in [9.17, 15) is 9.59 Å². The van der Waals surface area contributed by atoms with E-state index in [1.165, 1.54) is 11.3 Å². The molecule has 0 atom stereocenters. The fraction of sp³-hybridized carbons (Fsp3) is 0.400. The van der Waals surface area contributed by atoms with Gasteiger partial charge in [-0.2, -0.15) is 0 Å². The number of nitrogens with zero attached hydrogens (tertiary/aromatic N) is 1. The highest BCUT2D eigenvalue weighted by Crippen LogP contribution is 2.31. The van der Waals surface area contributed by atoms with Gasteiger partial charge in [-0.3, -0.25) is 4.79 Å². The Morgan fingerprint density at radius 1 is 1.19 bits per heavy atom. The highest BCUT2D eigenvalue weighted by atomic mass is 32.1. The Morgan fingerprint density at radius 3 is 2.69 bits per heavy atom. The second-order valence-electron chi connectivity index (χ2n) is 6.38. The third-order valence-electron chi connectivity index (χ3n) is 4.59. The van der Waals surface area contributed by atoms with Crippen LogP contribution in [0, 0.1) is 6.92 Å². The monoisotopic (exact) mass is 372 g/mol. The Kier molecular flexibility index (Phi) is 5.74. The molecule has 0 aliphatic rings. The lowest BCUT2D eigenvalue weighted by atomic mass is 10.1. The molecule has 0 unspecified atom stereocenters. The molecule has 0 bridgehead atoms. The van der Waals surface area contributed by atoms with Crippen LogP contribution in [0.25, 0.3) is 21.1 Å². The van der Waals surface area contributed by atoms with Gasteiger partial charge in [0.05, 0.1) is 15.0 Å². The fourth-order valence-electron chi connectivity index (χ4n) is 3.05. The van der Waals surface area contributed by atoms with E-state index in [1.807, 2.05) is 19.1 Å². The Balaban J connectivity index is 1.79. The Hall–Kier alpha value is -2.18. The Bertz CT molecular complexity index is 986. The summed E-state index contributed by atoms with van der Waals surface area (Å²) in [7, 11) is 0. The van der Waals surface area contributed by atoms with E-state index in [0.717, 1.165) is 41.7 Å². The molecule has 138 valence electrons. The molecule has 2 heterocycles. The highest BCUT2D eigenvalue weighted by Gasteiger charge is 2.16. The van der Waals surface area contributed by atoms with E-state index >= 15 is 0 Å². The number of carbonyl (C=O) groups excluding carboxylic acids is 1. The lowest BCUT2D eigenvalue weighted by Crippen LogP contribution is -2.29. The van der Waals surface area contributed by atoms with Crippen molar-refractivity contribution in [1.82, 2.24) is 10.2 Å². The lowest BCUT2D eigenvalue weighted by Gasteiger charge is -2.17. The molecule has 5 nitrogen and oxygen atoms in total. The average Bonchev–Trinajstić information content (AvgIpc) is 3.09. The van der Waals surface area contributed by atoms with Gasteiger partial charge < -0.3 is 14.6 Å². The van der Waals surface area contributed by atoms with Crippen LogP contribution in [0.2, 0.25) is 0 Å². The van der Waals surface area contributed by atoms with Gasteiger partial charge in [0.2, 0.25) is 0 Å². The smallest absolute Gasteiger partial charge is 0.345 e. The van der Waals surface area contributed by atoms with Crippen LogP contribution >= 0.6 is 11.3 Å². The molecule has 0 aliphatic carbocycles. The van der Waals surface area contributed by atoms with Crippen molar-refractivity contribution in [3.8, 4) is 0 Å². The molecule has 26 heavy (non-hydrogen) atoms. The Morgan fingerprint density at radius 2 is 1.96 bits per heavy atom. The number of hydrogen-bond acceptors (Lipinski definition) is 5. The van der Waals surface area contributed by atoms with Gasteiger partial charge in [-0.25, -0.2) is 4.79 Å². The van der Waals surface area contributed by atoms with E-state index in [-0.39, 0.29) is 5.91 Å². The summed E-state index contributed by atoms with van der Waals surface area (Å²) in [6.07, 6.45) is 0.905. The molecule has 3 aromatic rings. The second kappa shape index (κ2) is 8.01. The molecule has 0 fully saturated rings. The first kappa shape index (κ1) is 18.6. The third kappa shape index (κ3) is 3.81. The van der Waals surface area contributed by atoms with Crippen LogP contribution in [-0.4, -0.2) is 37.0 Å². The minimum absolute atomic E-state index is 0.133. The molecule has 3 rings (SSSR count). The van der Waals surface area contributed by atoms with Gasteiger partial charge in [-0.05, 0) is 51.2 Å². The molecule has 0 aliphatic heterocycles. The largest absolute Gasteiger partial charge is 0.422 e. The number of aryl methyl sites for hydroxylation is 1. The number of benzene rings is 1. The summed E-state index contributed by atoms with van der Waals surface area (Å²) < 4.78 is 6.20. The van der Waals surface area contributed by atoms with Crippen molar-refractivity contribution in [3.63, 3.8) is 0 Å². The van der Waals surface area contributed by atoms with Gasteiger partial charge in [-0.15, -0.1) is 11.3 Å². The van der Waals surface area contributed by atoms with Crippen LogP contribution in [0.5, 0.6) is 0 Å². The summed E-state index contributed by atoms with van der Waals surface area (Å²) in [4.78, 5) is 27.6. The number of carbonyl (C=O) groups is 1. The van der Waals surface area contributed by atoms with Crippen molar-refractivity contribution in [2.24, 2.45) is 0 Å². The molecule has 0 saturated carbocycles. The van der Waals surface area contributed by atoms with Crippen molar-refractivity contribution in [3.05, 3.63) is 45.1 Å². The zero-order chi connectivity index (χ0) is 18.7. The summed E-state index contributed by atoms with van der Waals surface area (Å²) in [5, 5.41) is 4.31. The van der Waals surface area contributed by atoms with Gasteiger partial charge >= 0.3 is 5.63 Å². The van der Waals surface area contributed by atoms with Crippen molar-refractivity contribution < 1.29 is 9.21 Å². The molecule has 1 aromatic carbocycles. The van der Waals surface area contributed by atoms with Crippen molar-refractivity contribution >= 4 is 38.3 Å². The number of fused-ring (bicyclic) bond motifs is 3. The van der Waals surface area contributed by atoms with Crippen LogP contribution < -0.4 is 10.9 Å². The van der Waals surface area contributed by atoms with Crippen LogP contribution in [0.4, 0.5) is 0 Å². The topological polar surface area (TPSA) is 62.6 Å². The van der Waals surface area contributed by atoms with Gasteiger partial charge in [0.15, 0.2) is 0 Å². The molecule has 0 spiro atoms. The van der Waals surface area contributed by atoms with E-state index in [2.05, 4.69) is 24.1 Å². The molecular weight excluding hydrogens is 348 g/mol. The minimum Gasteiger partial charge on any atom is -0.422 e. The fourth-order valence-corrected chi connectivity index (χ4v) is 4.13. The summed E-state index contributed by atoms with van der Waals surface area (Å²) in [6.45, 7) is 9.89. The molecule has 1 N–H and O–H groups in total. The molecule has 1 amide bonds. The lowest BCUT2D eigenvalue weighted by molar-refractivity contribution is 0.0956. The number of nitrogens with one attached hydrogen (secondary N) is 1. The summed E-state index contributed by atoms with van der Waals surface area (Å²) in [6, 6.07) is 7.35. The Labute approximate surface area is 156 Å². The zero-order valence-electron chi connectivity index (χ0n) is 15.4. The summed E-state index contributed by atoms with van der Waals surface area (Å²) in [5.41, 5.74) is 1.25. The van der Waals surface area contributed by atoms with Crippen LogP contribution in [0.3, 0.4) is 0 Å². The van der Waals surface area contributed by atoms with Crippen molar-refractivity contribution in [2.45, 2.75) is 27.2 Å². The number of rotatable bonds is 7. The normalized spacial score (nSPS) is 11.5. The molecule has 0 saturated heterocycles. The SMILES string of the molecule is CCN(CC)CCCNC(=O)c1cc2c(=O)oc3ccc(C)cc3c2s1. The van der Waals surface area contributed by atoms with Crippen LogP contribution in [0.15, 0.2) is 33.5 Å². The van der Waals surface area contributed by atoms with Crippen molar-refractivity contribution in [1.29, 1.82) is 0 Å². The average molecular weight is 372 g/mol. The number of amides is 1. The molecule has 0 radical (unpaired) electrons. The molecule has 6 heteroatoms. The number of hydrogen-bond donors (Lipinski definition) is 1. The summed E-state index contributed by atoms with van der Waals surface area (Å²) >= 11 is 1.35. The maximum absolute atomic E-state index is 12.5. The minimum atomic E-state index is -0.395. The predicted molar refractivity (Wildman–Crippen MR) is 107 cm³/mol. The predicted octanol–water partition coefficient (Wildman–Crippen LogP) is 3.78. The van der Waals surface area contributed by atoms with Gasteiger partial charge in [0.25, 0.3) is 5.91 Å². The zero-order valence-corrected chi connectivity index (χ0v) is 16.2. The van der Waals surface area contributed by atoms with Gasteiger partial charge in [-0.1, -0.05) is 25.5 Å². The highest BCUT2D eigenvalue weighted by molar-refractivity contribution is 7.21. The third-order valence-corrected chi connectivity index (χ3v) is 5.76. The second-order valence-corrected chi connectivity index (χ2v) is 7.43. The molecular formula is C20H24N2O3S.